The number of likely N-dealkylation sites (N-methyl/N-ethyl adjacent to an activating group) is 1. The van der Waals surface area contributed by atoms with Gasteiger partial charge in [0.15, 0.2) is 5.11 Å². The number of aryl methyl sites for hydroxylation is 1. The van der Waals surface area contributed by atoms with Crippen molar-refractivity contribution in [2.24, 2.45) is 0 Å². The molecule has 0 amide bonds. The van der Waals surface area contributed by atoms with Crippen molar-refractivity contribution in [3.8, 4) is 0 Å². The maximum atomic E-state index is 13.5. The van der Waals surface area contributed by atoms with Gasteiger partial charge >= 0.3 is 0 Å². The number of hydrogen-bond acceptors (Lipinski definition) is 2. The topological polar surface area (TPSA) is 18.5 Å². The first-order valence-electron chi connectivity index (χ1n) is 6.64. The van der Waals surface area contributed by atoms with E-state index in [-0.39, 0.29) is 5.82 Å². The summed E-state index contributed by atoms with van der Waals surface area (Å²) in [7, 11) is 0. The van der Waals surface area contributed by atoms with E-state index in [1.54, 1.807) is 13.0 Å². The van der Waals surface area contributed by atoms with Crippen LogP contribution in [0.25, 0.3) is 0 Å². The summed E-state index contributed by atoms with van der Waals surface area (Å²) in [6.07, 6.45) is 0. The summed E-state index contributed by atoms with van der Waals surface area (Å²) in [5.74, 6) is -0.205. The van der Waals surface area contributed by atoms with Crippen molar-refractivity contribution in [2.45, 2.75) is 13.8 Å². The summed E-state index contributed by atoms with van der Waals surface area (Å²) >= 11 is 5.38. The van der Waals surface area contributed by atoms with Gasteiger partial charge in [0, 0.05) is 31.9 Å². The minimum absolute atomic E-state index is 0.205. The fourth-order valence-corrected chi connectivity index (χ4v) is 2.44. The van der Waals surface area contributed by atoms with Crippen molar-refractivity contribution >= 4 is 23.0 Å². The molecule has 0 spiro atoms. The smallest absolute Gasteiger partial charge is 0.173 e. The Morgan fingerprint density at radius 3 is 2.58 bits per heavy atom. The summed E-state index contributed by atoms with van der Waals surface area (Å²) in [6, 6.07) is 5.10. The number of halogens is 1. The number of rotatable bonds is 2. The maximum Gasteiger partial charge on any atom is 0.173 e. The van der Waals surface area contributed by atoms with E-state index in [0.717, 1.165) is 32.7 Å². The van der Waals surface area contributed by atoms with Gasteiger partial charge in [-0.1, -0.05) is 13.0 Å². The Bertz CT molecular complexity index is 456. The summed E-state index contributed by atoms with van der Waals surface area (Å²) in [5, 5.41) is 3.79. The first kappa shape index (κ1) is 14.2. The van der Waals surface area contributed by atoms with E-state index in [2.05, 4.69) is 22.0 Å². The molecule has 1 aromatic carbocycles. The van der Waals surface area contributed by atoms with Gasteiger partial charge in [0.25, 0.3) is 0 Å². The summed E-state index contributed by atoms with van der Waals surface area (Å²) in [5.41, 5.74) is 1.36. The van der Waals surface area contributed by atoms with Gasteiger partial charge < -0.3 is 15.1 Å². The molecule has 1 aliphatic rings. The molecule has 1 saturated heterocycles. The number of benzene rings is 1. The average Bonchev–Trinajstić information content (AvgIpc) is 2.43. The Morgan fingerprint density at radius 2 is 2.00 bits per heavy atom. The van der Waals surface area contributed by atoms with Crippen LogP contribution in [0.5, 0.6) is 0 Å². The van der Waals surface area contributed by atoms with E-state index in [1.165, 1.54) is 6.07 Å². The van der Waals surface area contributed by atoms with Crippen LogP contribution in [0.3, 0.4) is 0 Å². The lowest BCUT2D eigenvalue weighted by Crippen LogP contribution is -2.49. The van der Waals surface area contributed by atoms with E-state index in [1.807, 2.05) is 6.07 Å². The lowest BCUT2D eigenvalue weighted by Gasteiger charge is -2.35. The zero-order chi connectivity index (χ0) is 13.8. The third-order valence-electron chi connectivity index (χ3n) is 3.53. The van der Waals surface area contributed by atoms with E-state index >= 15 is 0 Å². The minimum atomic E-state index is -0.205. The molecule has 3 nitrogen and oxygen atoms in total. The Hall–Kier alpha value is -1.20. The quantitative estimate of drug-likeness (QED) is 0.839. The fraction of sp³-hybridized carbons (Fsp3) is 0.500. The van der Waals surface area contributed by atoms with Crippen LogP contribution in [0.2, 0.25) is 0 Å². The monoisotopic (exact) mass is 281 g/mol. The van der Waals surface area contributed by atoms with Crippen LogP contribution in [0, 0.1) is 12.7 Å². The molecule has 0 unspecified atom stereocenters. The highest BCUT2D eigenvalue weighted by molar-refractivity contribution is 7.80. The molecule has 19 heavy (non-hydrogen) atoms. The van der Waals surface area contributed by atoms with Crippen LogP contribution in [0.1, 0.15) is 12.5 Å². The zero-order valence-corrected chi connectivity index (χ0v) is 12.3. The second-order valence-corrected chi connectivity index (χ2v) is 5.20. The molecular weight excluding hydrogens is 261 g/mol. The molecule has 0 atom stereocenters. The normalized spacial score (nSPS) is 16.5. The SMILES string of the molecule is CCN1CCN(C(=S)Nc2ccc(C)c(F)c2)CC1. The highest BCUT2D eigenvalue weighted by atomic mass is 32.1. The molecule has 1 aromatic rings. The number of piperazine rings is 1. The van der Waals surface area contributed by atoms with Crippen molar-refractivity contribution in [3.05, 3.63) is 29.6 Å². The largest absolute Gasteiger partial charge is 0.346 e. The second-order valence-electron chi connectivity index (χ2n) is 4.82. The van der Waals surface area contributed by atoms with Gasteiger partial charge in [-0.15, -0.1) is 0 Å². The highest BCUT2D eigenvalue weighted by Crippen LogP contribution is 2.14. The number of nitrogens with zero attached hydrogens (tertiary/aromatic N) is 2. The molecule has 0 saturated carbocycles. The van der Waals surface area contributed by atoms with E-state index < -0.39 is 0 Å². The van der Waals surface area contributed by atoms with Gasteiger partial charge in [-0.2, -0.15) is 0 Å². The Kier molecular flexibility index (Phi) is 4.71. The van der Waals surface area contributed by atoms with Gasteiger partial charge in [0.05, 0.1) is 0 Å². The third kappa shape index (κ3) is 3.64. The van der Waals surface area contributed by atoms with Gasteiger partial charge in [0.1, 0.15) is 5.82 Å². The lowest BCUT2D eigenvalue weighted by atomic mass is 10.2. The Labute approximate surface area is 119 Å². The van der Waals surface area contributed by atoms with Crippen molar-refractivity contribution in [1.82, 2.24) is 9.80 Å². The van der Waals surface area contributed by atoms with Crippen LogP contribution >= 0.6 is 12.2 Å². The number of anilines is 1. The van der Waals surface area contributed by atoms with Crippen molar-refractivity contribution < 1.29 is 4.39 Å². The fourth-order valence-electron chi connectivity index (χ4n) is 2.14. The van der Waals surface area contributed by atoms with Crippen LogP contribution in [0.15, 0.2) is 18.2 Å². The van der Waals surface area contributed by atoms with E-state index in [9.17, 15) is 4.39 Å². The first-order valence-corrected chi connectivity index (χ1v) is 7.05. The van der Waals surface area contributed by atoms with Gasteiger partial charge in [0.2, 0.25) is 0 Å². The summed E-state index contributed by atoms with van der Waals surface area (Å²) < 4.78 is 13.5. The van der Waals surface area contributed by atoms with E-state index in [4.69, 9.17) is 12.2 Å². The highest BCUT2D eigenvalue weighted by Gasteiger charge is 2.17. The minimum Gasteiger partial charge on any atom is -0.346 e. The molecule has 2 rings (SSSR count). The Morgan fingerprint density at radius 1 is 1.32 bits per heavy atom. The van der Waals surface area contributed by atoms with Crippen molar-refractivity contribution in [2.75, 3.05) is 38.0 Å². The first-order chi connectivity index (χ1) is 9.10. The predicted molar refractivity (Wildman–Crippen MR) is 81.0 cm³/mol. The van der Waals surface area contributed by atoms with Crippen LogP contribution < -0.4 is 5.32 Å². The lowest BCUT2D eigenvalue weighted by molar-refractivity contribution is 0.191. The molecule has 1 aliphatic heterocycles. The van der Waals surface area contributed by atoms with Gasteiger partial charge in [-0.25, -0.2) is 4.39 Å². The van der Waals surface area contributed by atoms with Gasteiger partial charge in [-0.3, -0.25) is 0 Å². The molecule has 1 fully saturated rings. The number of nitrogens with one attached hydrogen (secondary N) is 1. The summed E-state index contributed by atoms with van der Waals surface area (Å²) in [4.78, 5) is 4.53. The molecule has 0 aromatic heterocycles. The molecule has 1 heterocycles. The standard InChI is InChI=1S/C14H20FN3S/c1-3-17-6-8-18(9-7-17)14(19)16-12-5-4-11(2)13(15)10-12/h4-5,10H,3,6-9H2,1-2H3,(H,16,19). The van der Waals surface area contributed by atoms with Crippen LogP contribution in [-0.4, -0.2) is 47.6 Å². The molecule has 104 valence electrons. The Balaban J connectivity index is 1.92. The zero-order valence-electron chi connectivity index (χ0n) is 11.4. The van der Waals surface area contributed by atoms with Crippen molar-refractivity contribution in [3.63, 3.8) is 0 Å². The predicted octanol–water partition coefficient (Wildman–Crippen LogP) is 2.47. The number of thiocarbonyl (C=S) groups is 1. The second kappa shape index (κ2) is 6.30. The van der Waals surface area contributed by atoms with E-state index in [0.29, 0.717) is 16.4 Å². The molecule has 1 N–H and O–H groups in total. The maximum absolute atomic E-state index is 13.5. The number of hydrogen-bond donors (Lipinski definition) is 1. The molecule has 5 heteroatoms. The average molecular weight is 281 g/mol. The van der Waals surface area contributed by atoms with Gasteiger partial charge in [-0.05, 0) is 43.4 Å². The molecule has 0 radical (unpaired) electrons. The van der Waals surface area contributed by atoms with Crippen LogP contribution in [0.4, 0.5) is 10.1 Å². The molecular formula is C14H20FN3S. The molecule has 0 aliphatic carbocycles. The van der Waals surface area contributed by atoms with Crippen LogP contribution in [-0.2, 0) is 0 Å². The molecule has 0 bridgehead atoms. The van der Waals surface area contributed by atoms with Crippen molar-refractivity contribution in [1.29, 1.82) is 0 Å². The third-order valence-corrected chi connectivity index (χ3v) is 3.89. The summed E-state index contributed by atoms with van der Waals surface area (Å²) in [6.45, 7) is 8.91.